The van der Waals surface area contributed by atoms with Crippen molar-refractivity contribution in [1.29, 1.82) is 0 Å². The van der Waals surface area contributed by atoms with Crippen molar-refractivity contribution in [1.82, 2.24) is 9.80 Å². The Kier molecular flexibility index (Phi) is 4.44. The van der Waals surface area contributed by atoms with Crippen molar-refractivity contribution in [2.24, 2.45) is 5.41 Å². The molecule has 0 aromatic carbocycles. The second-order valence-electron chi connectivity index (χ2n) is 6.26. The largest absolute Gasteiger partial charge is 0.303 e. The molecule has 0 N–H and O–H groups in total. The fraction of sp³-hybridized carbons (Fsp3) is 0.933. The maximum absolute atomic E-state index is 11.4. The Bertz CT molecular complexity index is 288. The van der Waals surface area contributed by atoms with Crippen LogP contribution >= 0.6 is 0 Å². The summed E-state index contributed by atoms with van der Waals surface area (Å²) in [5.74, 6) is 0. The van der Waals surface area contributed by atoms with E-state index in [9.17, 15) is 4.79 Å². The Labute approximate surface area is 112 Å². The van der Waals surface area contributed by atoms with Crippen molar-refractivity contribution < 1.29 is 4.79 Å². The van der Waals surface area contributed by atoms with Crippen LogP contribution in [-0.2, 0) is 4.79 Å². The van der Waals surface area contributed by atoms with Crippen LogP contribution in [0.3, 0.4) is 0 Å². The lowest BCUT2D eigenvalue weighted by Gasteiger charge is -2.34. The van der Waals surface area contributed by atoms with Crippen molar-refractivity contribution >= 4 is 6.29 Å². The molecule has 2 bridgehead atoms. The standard InChI is InChI=1S/C15H28N2O/c1-4-15(5-2,12-18)11-17-9-8-13-6-7-14(10-17)16(13)3/h12-14H,4-11H2,1-3H3. The molecule has 0 aliphatic carbocycles. The number of carbonyl (C=O) groups is 1. The normalized spacial score (nSPS) is 30.4. The molecule has 0 saturated carbocycles. The van der Waals surface area contributed by atoms with Gasteiger partial charge in [-0.2, -0.15) is 0 Å². The van der Waals surface area contributed by atoms with Gasteiger partial charge in [0.25, 0.3) is 0 Å². The molecule has 2 saturated heterocycles. The molecule has 0 radical (unpaired) electrons. The van der Waals surface area contributed by atoms with E-state index in [2.05, 4.69) is 30.7 Å². The molecule has 2 rings (SSSR count). The van der Waals surface area contributed by atoms with Crippen LogP contribution < -0.4 is 0 Å². The van der Waals surface area contributed by atoms with Gasteiger partial charge in [0.05, 0.1) is 0 Å². The molecule has 2 aliphatic heterocycles. The Morgan fingerprint density at radius 1 is 1.17 bits per heavy atom. The fourth-order valence-electron chi connectivity index (χ4n) is 3.65. The van der Waals surface area contributed by atoms with Gasteiger partial charge in [0, 0.05) is 30.6 Å². The number of fused-ring (bicyclic) bond motifs is 2. The van der Waals surface area contributed by atoms with Crippen LogP contribution in [0.4, 0.5) is 0 Å². The highest BCUT2D eigenvalue weighted by molar-refractivity contribution is 5.59. The SMILES string of the molecule is CCC(C=O)(CC)CN1CCC2CCC(C1)N2C. The van der Waals surface area contributed by atoms with E-state index >= 15 is 0 Å². The van der Waals surface area contributed by atoms with Gasteiger partial charge in [-0.05, 0) is 45.7 Å². The first-order chi connectivity index (χ1) is 8.64. The number of nitrogens with zero attached hydrogens (tertiary/aromatic N) is 2. The van der Waals surface area contributed by atoms with Crippen LogP contribution in [0.5, 0.6) is 0 Å². The summed E-state index contributed by atoms with van der Waals surface area (Å²) in [5, 5.41) is 0. The first kappa shape index (κ1) is 14.0. The third kappa shape index (κ3) is 2.62. The van der Waals surface area contributed by atoms with Crippen molar-refractivity contribution in [3.8, 4) is 0 Å². The highest BCUT2D eigenvalue weighted by Gasteiger charge is 2.37. The zero-order chi connectivity index (χ0) is 13.2. The molecule has 0 amide bonds. The number of carbonyl (C=O) groups excluding carboxylic acids is 1. The third-order valence-corrected chi connectivity index (χ3v) is 5.43. The topological polar surface area (TPSA) is 23.6 Å². The lowest BCUT2D eigenvalue weighted by atomic mass is 9.83. The molecule has 0 aromatic rings. The summed E-state index contributed by atoms with van der Waals surface area (Å²) in [6.45, 7) is 7.58. The molecule has 0 spiro atoms. The molecule has 2 unspecified atom stereocenters. The van der Waals surface area contributed by atoms with E-state index in [0.29, 0.717) is 0 Å². The predicted octanol–water partition coefficient (Wildman–Crippen LogP) is 2.16. The van der Waals surface area contributed by atoms with Crippen LogP contribution in [0.2, 0.25) is 0 Å². The van der Waals surface area contributed by atoms with Gasteiger partial charge in [0.1, 0.15) is 6.29 Å². The molecule has 2 aliphatic rings. The number of likely N-dealkylation sites (tertiary alicyclic amines) is 1. The van der Waals surface area contributed by atoms with Crippen LogP contribution in [-0.4, -0.2) is 54.9 Å². The molecule has 3 heteroatoms. The minimum atomic E-state index is -0.109. The van der Waals surface area contributed by atoms with Gasteiger partial charge in [-0.3, -0.25) is 4.90 Å². The predicted molar refractivity (Wildman–Crippen MR) is 74.7 cm³/mol. The van der Waals surface area contributed by atoms with Gasteiger partial charge in [-0.25, -0.2) is 0 Å². The molecular weight excluding hydrogens is 224 g/mol. The van der Waals surface area contributed by atoms with E-state index in [-0.39, 0.29) is 5.41 Å². The lowest BCUT2D eigenvalue weighted by Crippen LogP contribution is -2.43. The molecule has 2 fully saturated rings. The summed E-state index contributed by atoms with van der Waals surface area (Å²) in [5.41, 5.74) is -0.109. The quantitative estimate of drug-likeness (QED) is 0.701. The summed E-state index contributed by atoms with van der Waals surface area (Å²) >= 11 is 0. The van der Waals surface area contributed by atoms with Crippen LogP contribution in [0, 0.1) is 5.41 Å². The van der Waals surface area contributed by atoms with E-state index in [1.165, 1.54) is 32.1 Å². The molecule has 3 nitrogen and oxygen atoms in total. The van der Waals surface area contributed by atoms with Crippen molar-refractivity contribution in [3.05, 3.63) is 0 Å². The van der Waals surface area contributed by atoms with Gasteiger partial charge in [-0.1, -0.05) is 13.8 Å². The number of hydrogen-bond donors (Lipinski definition) is 0. The van der Waals surface area contributed by atoms with E-state index in [4.69, 9.17) is 0 Å². The molecule has 18 heavy (non-hydrogen) atoms. The number of likely N-dealkylation sites (N-methyl/N-ethyl adjacent to an activating group) is 1. The summed E-state index contributed by atoms with van der Waals surface area (Å²) in [7, 11) is 2.28. The molecule has 104 valence electrons. The highest BCUT2D eigenvalue weighted by Crippen LogP contribution is 2.31. The molecule has 2 heterocycles. The maximum Gasteiger partial charge on any atom is 0.127 e. The molecule has 2 atom stereocenters. The van der Waals surface area contributed by atoms with E-state index in [0.717, 1.165) is 38.0 Å². The van der Waals surface area contributed by atoms with Gasteiger partial charge in [0.15, 0.2) is 0 Å². The summed E-state index contributed by atoms with van der Waals surface area (Å²) < 4.78 is 0. The van der Waals surface area contributed by atoms with Crippen LogP contribution in [0.1, 0.15) is 46.0 Å². The van der Waals surface area contributed by atoms with Crippen molar-refractivity contribution in [3.63, 3.8) is 0 Å². The highest BCUT2D eigenvalue weighted by atomic mass is 16.1. The van der Waals surface area contributed by atoms with Gasteiger partial charge in [-0.15, -0.1) is 0 Å². The zero-order valence-corrected chi connectivity index (χ0v) is 12.2. The van der Waals surface area contributed by atoms with Crippen LogP contribution in [0.25, 0.3) is 0 Å². The maximum atomic E-state index is 11.4. The van der Waals surface area contributed by atoms with Gasteiger partial charge in [0.2, 0.25) is 0 Å². The van der Waals surface area contributed by atoms with Gasteiger partial charge < -0.3 is 9.69 Å². The van der Waals surface area contributed by atoms with Gasteiger partial charge >= 0.3 is 0 Å². The minimum absolute atomic E-state index is 0.109. The second-order valence-corrected chi connectivity index (χ2v) is 6.26. The minimum Gasteiger partial charge on any atom is -0.303 e. The third-order valence-electron chi connectivity index (χ3n) is 5.43. The number of rotatable bonds is 5. The average molecular weight is 252 g/mol. The Balaban J connectivity index is 2.00. The first-order valence-corrected chi connectivity index (χ1v) is 7.54. The van der Waals surface area contributed by atoms with E-state index in [1.807, 2.05) is 0 Å². The van der Waals surface area contributed by atoms with Crippen LogP contribution in [0.15, 0.2) is 0 Å². The fourth-order valence-corrected chi connectivity index (χ4v) is 3.65. The molecule has 0 aromatic heterocycles. The summed E-state index contributed by atoms with van der Waals surface area (Å²) in [4.78, 5) is 16.5. The first-order valence-electron chi connectivity index (χ1n) is 7.54. The Morgan fingerprint density at radius 2 is 1.83 bits per heavy atom. The van der Waals surface area contributed by atoms with E-state index < -0.39 is 0 Å². The van der Waals surface area contributed by atoms with E-state index in [1.54, 1.807) is 0 Å². The Morgan fingerprint density at radius 3 is 2.44 bits per heavy atom. The van der Waals surface area contributed by atoms with Crippen molar-refractivity contribution in [2.75, 3.05) is 26.7 Å². The smallest absolute Gasteiger partial charge is 0.127 e. The average Bonchev–Trinajstić information content (AvgIpc) is 2.64. The number of aldehydes is 1. The lowest BCUT2D eigenvalue weighted by molar-refractivity contribution is -0.117. The monoisotopic (exact) mass is 252 g/mol. The number of hydrogen-bond acceptors (Lipinski definition) is 3. The Hall–Kier alpha value is -0.410. The molecular formula is C15H28N2O. The summed E-state index contributed by atoms with van der Waals surface area (Å²) in [6.07, 6.45) is 7.12. The zero-order valence-electron chi connectivity index (χ0n) is 12.2. The second kappa shape index (κ2) is 5.70. The van der Waals surface area contributed by atoms with Crippen molar-refractivity contribution in [2.45, 2.75) is 58.0 Å². The summed E-state index contributed by atoms with van der Waals surface area (Å²) in [6, 6.07) is 1.50.